The minimum atomic E-state index is -1.43. The Morgan fingerprint density at radius 2 is 2.12 bits per heavy atom. The molecule has 0 saturated heterocycles. The van der Waals surface area contributed by atoms with E-state index in [0.717, 1.165) is 6.08 Å². The number of anilines is 1. The molecule has 0 unspecified atom stereocenters. The highest BCUT2D eigenvalue weighted by atomic mass is 16.4. The van der Waals surface area contributed by atoms with Crippen LogP contribution in [-0.4, -0.2) is 17.0 Å². The topological polar surface area (TPSA) is 89.5 Å². The van der Waals surface area contributed by atoms with Gasteiger partial charge in [0.05, 0.1) is 12.1 Å². The molecule has 1 amide bonds. The first kappa shape index (κ1) is 12.9. The quantitative estimate of drug-likeness (QED) is 0.717. The number of aliphatic carboxylic acids is 1. The van der Waals surface area contributed by atoms with E-state index in [1.165, 1.54) is 0 Å². The van der Waals surface area contributed by atoms with Crippen molar-refractivity contribution in [1.82, 2.24) is 0 Å². The molecule has 0 spiro atoms. The van der Waals surface area contributed by atoms with E-state index in [4.69, 9.17) is 0 Å². The van der Waals surface area contributed by atoms with Crippen molar-refractivity contribution in [2.45, 2.75) is 13.0 Å². The number of benzene rings is 1. The molecule has 0 aliphatic rings. The van der Waals surface area contributed by atoms with E-state index in [2.05, 4.69) is 5.32 Å². The van der Waals surface area contributed by atoms with Gasteiger partial charge in [-0.25, -0.2) is 0 Å². The van der Waals surface area contributed by atoms with E-state index < -0.39 is 18.0 Å². The lowest BCUT2D eigenvalue weighted by molar-refractivity contribution is -0.297. The first-order valence-electron chi connectivity index (χ1n) is 4.97. The second kappa shape index (κ2) is 5.81. The van der Waals surface area contributed by atoms with Crippen molar-refractivity contribution in [3.63, 3.8) is 0 Å². The summed E-state index contributed by atoms with van der Waals surface area (Å²) in [6, 6.07) is 6.64. The van der Waals surface area contributed by atoms with Crippen molar-refractivity contribution in [3.8, 4) is 0 Å². The highest BCUT2D eigenvalue weighted by molar-refractivity contribution is 6.02. The van der Waals surface area contributed by atoms with Gasteiger partial charge >= 0.3 is 0 Å². The third-order valence-electron chi connectivity index (χ3n) is 2.01. The summed E-state index contributed by atoms with van der Waals surface area (Å²) in [6.45, 7) is 1.61. The Kier molecular flexibility index (Phi) is 4.42. The SMILES string of the molecule is C[C@H](O)c1cccc(NC(=O)/C=C/C(=O)[O-])c1. The van der Waals surface area contributed by atoms with E-state index in [-0.39, 0.29) is 0 Å². The first-order valence-corrected chi connectivity index (χ1v) is 4.97. The fourth-order valence-corrected chi connectivity index (χ4v) is 1.20. The van der Waals surface area contributed by atoms with Crippen LogP contribution in [0.4, 0.5) is 5.69 Å². The second-order valence-electron chi connectivity index (χ2n) is 3.44. The summed E-state index contributed by atoms with van der Waals surface area (Å²) in [5, 5.41) is 21.9. The third kappa shape index (κ3) is 4.48. The molecular formula is C12H12NO4-. The van der Waals surface area contributed by atoms with Gasteiger partial charge in [0.15, 0.2) is 0 Å². The Morgan fingerprint density at radius 1 is 1.41 bits per heavy atom. The molecule has 90 valence electrons. The molecule has 5 nitrogen and oxygen atoms in total. The van der Waals surface area contributed by atoms with E-state index in [1.54, 1.807) is 31.2 Å². The average Bonchev–Trinajstić information content (AvgIpc) is 2.26. The number of rotatable bonds is 4. The Morgan fingerprint density at radius 3 is 2.71 bits per heavy atom. The predicted molar refractivity (Wildman–Crippen MR) is 59.9 cm³/mol. The zero-order chi connectivity index (χ0) is 12.8. The number of aliphatic hydroxyl groups is 1. The van der Waals surface area contributed by atoms with Crippen molar-refractivity contribution in [2.75, 3.05) is 5.32 Å². The van der Waals surface area contributed by atoms with Gasteiger partial charge in [0.1, 0.15) is 0 Å². The van der Waals surface area contributed by atoms with Crippen LogP contribution in [0.1, 0.15) is 18.6 Å². The van der Waals surface area contributed by atoms with Crippen LogP contribution < -0.4 is 10.4 Å². The number of hydrogen-bond donors (Lipinski definition) is 2. The summed E-state index contributed by atoms with van der Waals surface area (Å²) in [4.78, 5) is 21.3. The molecule has 0 bridgehead atoms. The van der Waals surface area contributed by atoms with Crippen LogP contribution in [0.3, 0.4) is 0 Å². The minimum absolute atomic E-state index is 0.483. The molecule has 0 fully saturated rings. The van der Waals surface area contributed by atoms with Crippen molar-refractivity contribution in [2.24, 2.45) is 0 Å². The van der Waals surface area contributed by atoms with Crippen LogP contribution in [0.25, 0.3) is 0 Å². The normalized spacial score (nSPS) is 12.4. The molecule has 0 aliphatic carbocycles. The minimum Gasteiger partial charge on any atom is -0.545 e. The summed E-state index contributed by atoms with van der Waals surface area (Å²) < 4.78 is 0. The fourth-order valence-electron chi connectivity index (χ4n) is 1.20. The molecule has 1 atom stereocenters. The van der Waals surface area contributed by atoms with Gasteiger partial charge in [-0.05, 0) is 30.7 Å². The van der Waals surface area contributed by atoms with E-state index in [1.807, 2.05) is 0 Å². The summed E-state index contributed by atoms with van der Waals surface area (Å²) in [5.41, 5.74) is 1.14. The third-order valence-corrected chi connectivity index (χ3v) is 2.01. The Hall–Kier alpha value is -2.14. The van der Waals surface area contributed by atoms with Crippen LogP contribution in [0.2, 0.25) is 0 Å². The molecule has 0 aromatic heterocycles. The summed E-state index contributed by atoms with van der Waals surface area (Å²) in [7, 11) is 0. The van der Waals surface area contributed by atoms with Gasteiger partial charge < -0.3 is 20.3 Å². The van der Waals surface area contributed by atoms with Crippen molar-refractivity contribution < 1.29 is 19.8 Å². The largest absolute Gasteiger partial charge is 0.545 e. The standard InChI is InChI=1S/C12H13NO4/c1-8(14)9-3-2-4-10(7-9)13-11(15)5-6-12(16)17/h2-8,14H,1H3,(H,13,15)(H,16,17)/p-1/b6-5+/t8-/m0/s1. The van der Waals surface area contributed by atoms with Gasteiger partial charge in [0.25, 0.3) is 0 Å². The molecule has 0 saturated carbocycles. The molecule has 1 aromatic carbocycles. The zero-order valence-corrected chi connectivity index (χ0v) is 9.21. The van der Waals surface area contributed by atoms with Crippen LogP contribution >= 0.6 is 0 Å². The van der Waals surface area contributed by atoms with Gasteiger partial charge in [0, 0.05) is 11.8 Å². The molecule has 1 aromatic rings. The average molecular weight is 234 g/mol. The summed E-state index contributed by atoms with van der Waals surface area (Å²) in [5.74, 6) is -2.00. The monoisotopic (exact) mass is 234 g/mol. The van der Waals surface area contributed by atoms with E-state index >= 15 is 0 Å². The molecule has 0 radical (unpaired) electrons. The number of carboxylic acid groups (broad SMARTS) is 1. The lowest BCUT2D eigenvalue weighted by atomic mass is 10.1. The summed E-state index contributed by atoms with van der Waals surface area (Å²) in [6.07, 6.45) is 0.878. The molecule has 0 aliphatic heterocycles. The maximum absolute atomic E-state index is 11.2. The van der Waals surface area contributed by atoms with Gasteiger partial charge in [-0.15, -0.1) is 0 Å². The highest BCUT2D eigenvalue weighted by Crippen LogP contribution is 2.16. The number of hydrogen-bond acceptors (Lipinski definition) is 4. The van der Waals surface area contributed by atoms with Crippen molar-refractivity contribution >= 4 is 17.6 Å². The van der Waals surface area contributed by atoms with Gasteiger partial charge in [-0.2, -0.15) is 0 Å². The number of carboxylic acids is 1. The molecule has 2 N–H and O–H groups in total. The number of carbonyl (C=O) groups is 2. The van der Waals surface area contributed by atoms with Crippen molar-refractivity contribution in [3.05, 3.63) is 42.0 Å². The van der Waals surface area contributed by atoms with Crippen LogP contribution in [-0.2, 0) is 9.59 Å². The molecule has 1 rings (SSSR count). The fraction of sp³-hybridized carbons (Fsp3) is 0.167. The van der Waals surface area contributed by atoms with Crippen LogP contribution in [0, 0.1) is 0 Å². The molecule has 17 heavy (non-hydrogen) atoms. The van der Waals surface area contributed by atoms with Crippen LogP contribution in [0.5, 0.6) is 0 Å². The van der Waals surface area contributed by atoms with Gasteiger partial charge in [-0.3, -0.25) is 4.79 Å². The Balaban J connectivity index is 2.72. The Labute approximate surface area is 98.4 Å². The number of nitrogens with one attached hydrogen (secondary N) is 1. The molecular weight excluding hydrogens is 222 g/mol. The predicted octanol–water partition coefficient (Wildman–Crippen LogP) is -0.0155. The zero-order valence-electron chi connectivity index (χ0n) is 9.21. The number of aliphatic hydroxyl groups excluding tert-OH is 1. The van der Waals surface area contributed by atoms with E-state index in [0.29, 0.717) is 17.3 Å². The lowest BCUT2D eigenvalue weighted by Crippen LogP contribution is -2.20. The van der Waals surface area contributed by atoms with E-state index in [9.17, 15) is 19.8 Å². The number of carbonyl (C=O) groups excluding carboxylic acids is 2. The highest BCUT2D eigenvalue weighted by Gasteiger charge is 2.02. The molecule has 0 heterocycles. The van der Waals surface area contributed by atoms with Crippen molar-refractivity contribution in [1.29, 1.82) is 0 Å². The first-order chi connectivity index (χ1) is 7.99. The van der Waals surface area contributed by atoms with Gasteiger partial charge in [0.2, 0.25) is 5.91 Å². The molecule has 5 heteroatoms. The second-order valence-corrected chi connectivity index (χ2v) is 3.44. The van der Waals surface area contributed by atoms with Gasteiger partial charge in [-0.1, -0.05) is 12.1 Å². The maximum atomic E-state index is 11.2. The smallest absolute Gasteiger partial charge is 0.248 e. The number of amides is 1. The lowest BCUT2D eigenvalue weighted by Gasteiger charge is -2.07. The Bertz CT molecular complexity index is 452. The van der Waals surface area contributed by atoms with Crippen LogP contribution in [0.15, 0.2) is 36.4 Å². The summed E-state index contributed by atoms with van der Waals surface area (Å²) >= 11 is 0. The maximum Gasteiger partial charge on any atom is 0.248 e.